The summed E-state index contributed by atoms with van der Waals surface area (Å²) in [6.07, 6.45) is 9.45. The lowest BCUT2D eigenvalue weighted by Crippen LogP contribution is -2.44. The number of likely N-dealkylation sites (tertiary alicyclic amines) is 2. The van der Waals surface area contributed by atoms with Crippen molar-refractivity contribution in [3.63, 3.8) is 0 Å². The Balaban J connectivity index is 1.41. The zero-order valence-corrected chi connectivity index (χ0v) is 18.6. The molecule has 2 saturated heterocycles. The maximum Gasteiger partial charge on any atom is 0.151 e. The Morgan fingerprint density at radius 1 is 0.857 bits per heavy atom. The molecule has 4 atom stereocenters. The first kappa shape index (κ1) is 21.6. The minimum Gasteiger partial charge on any atom is -0.336 e. The highest BCUT2D eigenvalue weighted by Gasteiger charge is 2.24. The number of hydrogen-bond acceptors (Lipinski definition) is 5. The zero-order chi connectivity index (χ0) is 20.1. The average Bonchev–Trinajstić information content (AvgIpc) is 2.97. The monoisotopic (exact) mass is 390 g/mol. The molecule has 0 saturated carbocycles. The van der Waals surface area contributed by atoms with Gasteiger partial charge in [0, 0.05) is 38.0 Å². The number of aromatic nitrogens is 3. The van der Waals surface area contributed by atoms with Gasteiger partial charge in [-0.05, 0) is 70.9 Å². The number of nitrogen functional groups attached to an aromatic ring is 1. The third kappa shape index (κ3) is 5.69. The SMILES string of the molecule is C[C@@H]1C[C@H](C)CN(CCCc2nnc(CCCN3[C@H](C)CCC[C@@H]3C)n2N)C1. The topological polar surface area (TPSA) is 63.2 Å². The van der Waals surface area contributed by atoms with Gasteiger partial charge >= 0.3 is 0 Å². The highest BCUT2D eigenvalue weighted by molar-refractivity contribution is 4.97. The van der Waals surface area contributed by atoms with Crippen molar-refractivity contribution in [3.8, 4) is 0 Å². The van der Waals surface area contributed by atoms with E-state index in [1.807, 2.05) is 0 Å². The van der Waals surface area contributed by atoms with Crippen molar-refractivity contribution in [1.29, 1.82) is 0 Å². The summed E-state index contributed by atoms with van der Waals surface area (Å²) >= 11 is 0. The Kier molecular flexibility index (Phi) is 7.75. The molecule has 2 N–H and O–H groups in total. The van der Waals surface area contributed by atoms with Crippen LogP contribution in [0.5, 0.6) is 0 Å². The molecule has 160 valence electrons. The average molecular weight is 391 g/mol. The Hall–Kier alpha value is -1.14. The largest absolute Gasteiger partial charge is 0.336 e. The Labute approximate surface area is 171 Å². The first-order valence-corrected chi connectivity index (χ1v) is 11.6. The van der Waals surface area contributed by atoms with Crippen LogP contribution in [0.1, 0.15) is 77.9 Å². The van der Waals surface area contributed by atoms with Crippen molar-refractivity contribution >= 4 is 0 Å². The molecule has 0 radical (unpaired) electrons. The molecular formula is C22H42N6. The van der Waals surface area contributed by atoms with Gasteiger partial charge in [0.2, 0.25) is 0 Å². The van der Waals surface area contributed by atoms with Crippen molar-refractivity contribution in [2.24, 2.45) is 11.8 Å². The predicted octanol–water partition coefficient (Wildman–Crippen LogP) is 3.10. The second-order valence-electron chi connectivity index (χ2n) is 9.68. The normalized spacial score (nSPS) is 30.0. The van der Waals surface area contributed by atoms with Gasteiger partial charge in [-0.1, -0.05) is 20.3 Å². The van der Waals surface area contributed by atoms with Crippen LogP contribution in [-0.4, -0.2) is 62.9 Å². The molecule has 2 aliphatic heterocycles. The summed E-state index contributed by atoms with van der Waals surface area (Å²) in [6.45, 7) is 14.2. The molecule has 2 fully saturated rings. The van der Waals surface area contributed by atoms with Crippen LogP contribution in [-0.2, 0) is 12.8 Å². The fourth-order valence-electron chi connectivity index (χ4n) is 5.47. The van der Waals surface area contributed by atoms with Gasteiger partial charge in [-0.15, -0.1) is 10.2 Å². The maximum atomic E-state index is 6.30. The highest BCUT2D eigenvalue weighted by Crippen LogP contribution is 2.23. The van der Waals surface area contributed by atoms with Crippen molar-refractivity contribution in [1.82, 2.24) is 24.7 Å². The van der Waals surface area contributed by atoms with E-state index in [0.717, 1.165) is 62.3 Å². The predicted molar refractivity (Wildman–Crippen MR) is 116 cm³/mol. The van der Waals surface area contributed by atoms with E-state index in [2.05, 4.69) is 47.7 Å². The molecule has 0 aliphatic carbocycles. The fraction of sp³-hybridized carbons (Fsp3) is 0.909. The summed E-state index contributed by atoms with van der Waals surface area (Å²) in [5.74, 6) is 9.82. The molecule has 0 unspecified atom stereocenters. The van der Waals surface area contributed by atoms with Crippen LogP contribution in [0.4, 0.5) is 0 Å². The molecule has 2 aliphatic rings. The number of nitrogens with zero attached hydrogens (tertiary/aromatic N) is 5. The van der Waals surface area contributed by atoms with Gasteiger partial charge < -0.3 is 10.7 Å². The summed E-state index contributed by atoms with van der Waals surface area (Å²) in [4.78, 5) is 5.26. The third-order valence-corrected chi connectivity index (χ3v) is 6.85. The molecule has 6 nitrogen and oxygen atoms in total. The molecule has 1 aromatic heterocycles. The minimum atomic E-state index is 0.704. The van der Waals surface area contributed by atoms with Gasteiger partial charge in [-0.3, -0.25) is 4.90 Å². The van der Waals surface area contributed by atoms with Crippen LogP contribution in [0.15, 0.2) is 0 Å². The van der Waals surface area contributed by atoms with Crippen molar-refractivity contribution in [2.45, 2.75) is 91.1 Å². The molecule has 0 spiro atoms. The number of rotatable bonds is 8. The van der Waals surface area contributed by atoms with E-state index in [4.69, 9.17) is 5.84 Å². The van der Waals surface area contributed by atoms with E-state index in [1.165, 1.54) is 38.8 Å². The maximum absolute atomic E-state index is 6.30. The third-order valence-electron chi connectivity index (χ3n) is 6.85. The quantitative estimate of drug-likeness (QED) is 0.691. The number of aryl methyl sites for hydroxylation is 2. The van der Waals surface area contributed by atoms with Gasteiger partial charge in [0.25, 0.3) is 0 Å². The van der Waals surface area contributed by atoms with Crippen molar-refractivity contribution in [3.05, 3.63) is 11.6 Å². The van der Waals surface area contributed by atoms with Crippen LogP contribution >= 0.6 is 0 Å². The smallest absolute Gasteiger partial charge is 0.151 e. The second-order valence-corrected chi connectivity index (χ2v) is 9.68. The van der Waals surface area contributed by atoms with Gasteiger partial charge in [-0.25, -0.2) is 4.68 Å². The van der Waals surface area contributed by atoms with E-state index in [1.54, 1.807) is 4.68 Å². The van der Waals surface area contributed by atoms with E-state index in [9.17, 15) is 0 Å². The molecule has 0 bridgehead atoms. The van der Waals surface area contributed by atoms with Crippen molar-refractivity contribution < 1.29 is 0 Å². The molecule has 1 aromatic rings. The van der Waals surface area contributed by atoms with Crippen LogP contribution in [0, 0.1) is 11.8 Å². The first-order valence-electron chi connectivity index (χ1n) is 11.6. The van der Waals surface area contributed by atoms with E-state index >= 15 is 0 Å². The Morgan fingerprint density at radius 3 is 1.96 bits per heavy atom. The highest BCUT2D eigenvalue weighted by atomic mass is 15.4. The van der Waals surface area contributed by atoms with Gasteiger partial charge in [-0.2, -0.15) is 0 Å². The summed E-state index contributed by atoms with van der Waals surface area (Å²) in [7, 11) is 0. The summed E-state index contributed by atoms with van der Waals surface area (Å²) in [5, 5.41) is 8.76. The van der Waals surface area contributed by atoms with Crippen LogP contribution < -0.4 is 5.84 Å². The Bertz CT molecular complexity index is 580. The zero-order valence-electron chi connectivity index (χ0n) is 18.6. The molecule has 0 aromatic carbocycles. The van der Waals surface area contributed by atoms with E-state index in [0.29, 0.717) is 12.1 Å². The number of piperidine rings is 2. The Morgan fingerprint density at radius 2 is 1.39 bits per heavy atom. The molecule has 28 heavy (non-hydrogen) atoms. The molecule has 0 amide bonds. The van der Waals surface area contributed by atoms with E-state index < -0.39 is 0 Å². The standard InChI is InChI=1S/C22H42N6/c1-17-14-18(2)16-26(15-17)12-6-10-21-24-25-22(28(21)23)11-7-13-27-19(3)8-5-9-20(27)4/h17-20H,5-16,23H2,1-4H3/t17-,18+,19-,20+. The minimum absolute atomic E-state index is 0.704. The molecule has 6 heteroatoms. The van der Waals surface area contributed by atoms with Gasteiger partial charge in [0.05, 0.1) is 0 Å². The molecule has 3 heterocycles. The van der Waals surface area contributed by atoms with Crippen molar-refractivity contribution in [2.75, 3.05) is 32.0 Å². The summed E-state index contributed by atoms with van der Waals surface area (Å²) < 4.78 is 1.75. The summed E-state index contributed by atoms with van der Waals surface area (Å²) in [6, 6.07) is 1.41. The lowest BCUT2D eigenvalue weighted by molar-refractivity contribution is 0.102. The molecular weight excluding hydrogens is 348 g/mol. The first-order chi connectivity index (χ1) is 13.4. The lowest BCUT2D eigenvalue weighted by Gasteiger charge is -2.39. The van der Waals surface area contributed by atoms with Gasteiger partial charge in [0.1, 0.15) is 0 Å². The van der Waals surface area contributed by atoms with Crippen LogP contribution in [0.25, 0.3) is 0 Å². The summed E-state index contributed by atoms with van der Waals surface area (Å²) in [5.41, 5.74) is 0. The van der Waals surface area contributed by atoms with Gasteiger partial charge in [0.15, 0.2) is 11.6 Å². The van der Waals surface area contributed by atoms with Crippen LogP contribution in [0.3, 0.4) is 0 Å². The number of hydrogen-bond donors (Lipinski definition) is 1. The van der Waals surface area contributed by atoms with E-state index in [-0.39, 0.29) is 0 Å². The second kappa shape index (κ2) is 10.1. The van der Waals surface area contributed by atoms with Crippen LogP contribution in [0.2, 0.25) is 0 Å². The molecule has 3 rings (SSSR count). The lowest BCUT2D eigenvalue weighted by atomic mass is 9.92. The number of nitrogens with two attached hydrogens (primary N) is 1. The fourth-order valence-corrected chi connectivity index (χ4v) is 5.47.